The molecule has 1 heterocycles. The van der Waals surface area contributed by atoms with Crippen LogP contribution in [0, 0.1) is 12.1 Å². The largest absolute Gasteiger partial charge is 0.415 e. The van der Waals surface area contributed by atoms with Crippen molar-refractivity contribution in [3.05, 3.63) is 35.9 Å². The topological polar surface area (TPSA) is 55.4 Å². The van der Waals surface area contributed by atoms with Crippen molar-refractivity contribution in [3.8, 4) is 0 Å². The van der Waals surface area contributed by atoms with E-state index in [0.717, 1.165) is 5.56 Å². The van der Waals surface area contributed by atoms with Crippen LogP contribution >= 0.6 is 0 Å². The molecular weight excluding hydrogens is 182 g/mol. The van der Waals surface area contributed by atoms with E-state index in [4.69, 9.17) is 0 Å². The normalized spacial score (nSPS) is 19.9. The fraction of sp³-hybridized carbons (Fsp3) is 0.200. The van der Waals surface area contributed by atoms with Crippen LogP contribution in [-0.2, 0) is 16.0 Å². The van der Waals surface area contributed by atoms with E-state index in [1.54, 1.807) is 12.1 Å². The maximum absolute atomic E-state index is 11.1. The Kier molecular flexibility index (Phi) is 2.07. The highest BCUT2D eigenvalue weighted by Crippen LogP contribution is 2.07. The molecule has 1 amide bonds. The lowest BCUT2D eigenvalue weighted by molar-refractivity contribution is -0.135. The van der Waals surface area contributed by atoms with Crippen molar-refractivity contribution in [1.29, 1.82) is 0 Å². The third-order valence-electron chi connectivity index (χ3n) is 1.93. The minimum Gasteiger partial charge on any atom is -0.375 e. The molecule has 0 spiro atoms. The lowest BCUT2D eigenvalue weighted by atomic mass is 10.1. The highest BCUT2D eigenvalue weighted by Gasteiger charge is 2.32. The van der Waals surface area contributed by atoms with Gasteiger partial charge in [-0.25, -0.2) is 9.59 Å². The predicted octanol–water partition coefficient (Wildman–Crippen LogP) is 0.464. The van der Waals surface area contributed by atoms with Gasteiger partial charge in [-0.3, -0.25) is 0 Å². The van der Waals surface area contributed by atoms with Gasteiger partial charge in [0.15, 0.2) is 0 Å². The third-order valence-corrected chi connectivity index (χ3v) is 1.93. The Balaban J connectivity index is 2.05. The van der Waals surface area contributed by atoms with Crippen LogP contribution in [0.3, 0.4) is 0 Å². The van der Waals surface area contributed by atoms with Gasteiger partial charge in [0.25, 0.3) is 0 Å². The van der Waals surface area contributed by atoms with Crippen molar-refractivity contribution in [2.45, 2.75) is 12.5 Å². The molecule has 1 aliphatic heterocycles. The van der Waals surface area contributed by atoms with Gasteiger partial charge in [0.2, 0.25) is 0 Å². The van der Waals surface area contributed by atoms with Gasteiger partial charge in [-0.1, -0.05) is 12.1 Å². The van der Waals surface area contributed by atoms with Crippen LogP contribution < -0.4 is 5.32 Å². The average molecular weight is 189 g/mol. The summed E-state index contributed by atoms with van der Waals surface area (Å²) in [4.78, 5) is 21.8. The van der Waals surface area contributed by atoms with Crippen LogP contribution in [0.2, 0.25) is 0 Å². The minimum absolute atomic E-state index is 0.426. The molecule has 70 valence electrons. The van der Waals surface area contributed by atoms with Crippen molar-refractivity contribution >= 4 is 12.1 Å². The number of carbonyl (C=O) groups excluding carboxylic acids is 2. The van der Waals surface area contributed by atoms with Crippen molar-refractivity contribution in [2.24, 2.45) is 0 Å². The summed E-state index contributed by atoms with van der Waals surface area (Å²) in [5.41, 5.74) is 0.910. The number of cyclic esters (lactones) is 2. The van der Waals surface area contributed by atoms with Crippen LogP contribution in [0.25, 0.3) is 0 Å². The molecule has 14 heavy (non-hydrogen) atoms. The molecule has 1 aromatic carbocycles. The summed E-state index contributed by atoms with van der Waals surface area (Å²) >= 11 is 0. The van der Waals surface area contributed by atoms with Gasteiger partial charge < -0.3 is 10.1 Å². The molecule has 2 rings (SSSR count). The first-order valence-electron chi connectivity index (χ1n) is 4.14. The maximum Gasteiger partial charge on any atom is 0.415 e. The second-order valence-corrected chi connectivity index (χ2v) is 2.95. The van der Waals surface area contributed by atoms with Gasteiger partial charge in [0.05, 0.1) is 0 Å². The predicted molar refractivity (Wildman–Crippen MR) is 46.2 cm³/mol. The van der Waals surface area contributed by atoms with Gasteiger partial charge in [-0.15, -0.1) is 0 Å². The molecule has 1 saturated heterocycles. The van der Waals surface area contributed by atoms with Crippen molar-refractivity contribution < 1.29 is 14.3 Å². The molecule has 1 fully saturated rings. The molecule has 0 aromatic heterocycles. The molecule has 0 radical (unpaired) electrons. The van der Waals surface area contributed by atoms with Crippen LogP contribution in [0.1, 0.15) is 5.56 Å². The highest BCUT2D eigenvalue weighted by atomic mass is 16.6. The first-order valence-corrected chi connectivity index (χ1v) is 4.14. The van der Waals surface area contributed by atoms with E-state index in [9.17, 15) is 9.59 Å². The van der Waals surface area contributed by atoms with Gasteiger partial charge >= 0.3 is 12.1 Å². The summed E-state index contributed by atoms with van der Waals surface area (Å²) in [7, 11) is 0. The zero-order valence-corrected chi connectivity index (χ0v) is 7.24. The number of esters is 1. The number of nitrogens with one attached hydrogen (secondary N) is 1. The Morgan fingerprint density at radius 2 is 2.29 bits per heavy atom. The first-order chi connectivity index (χ1) is 6.75. The number of hydrogen-bond acceptors (Lipinski definition) is 3. The van der Waals surface area contributed by atoms with Gasteiger partial charge in [-0.2, -0.15) is 0 Å². The maximum atomic E-state index is 11.1. The summed E-state index contributed by atoms with van der Waals surface area (Å²) in [5.74, 6) is -0.525. The van der Waals surface area contributed by atoms with E-state index in [0.29, 0.717) is 6.42 Å². The van der Waals surface area contributed by atoms with E-state index >= 15 is 0 Å². The van der Waals surface area contributed by atoms with Crippen LogP contribution in [0.15, 0.2) is 18.2 Å². The zero-order valence-electron chi connectivity index (χ0n) is 7.24. The zero-order chi connectivity index (χ0) is 9.97. The first kappa shape index (κ1) is 8.57. The molecule has 1 N–H and O–H groups in total. The molecule has 1 aromatic rings. The fourth-order valence-corrected chi connectivity index (χ4v) is 1.27. The van der Waals surface area contributed by atoms with E-state index < -0.39 is 18.1 Å². The Hall–Kier alpha value is -2.02. The van der Waals surface area contributed by atoms with Gasteiger partial charge in [0, 0.05) is 6.42 Å². The second kappa shape index (κ2) is 3.38. The summed E-state index contributed by atoms with van der Waals surface area (Å²) in [5, 5.41) is 2.42. The van der Waals surface area contributed by atoms with Gasteiger partial charge in [-0.05, 0) is 23.8 Å². The Morgan fingerprint density at radius 3 is 2.86 bits per heavy atom. The van der Waals surface area contributed by atoms with E-state index in [2.05, 4.69) is 22.2 Å². The molecule has 0 aliphatic carbocycles. The van der Waals surface area contributed by atoms with Crippen molar-refractivity contribution in [1.82, 2.24) is 5.32 Å². The van der Waals surface area contributed by atoms with Crippen molar-refractivity contribution in [3.63, 3.8) is 0 Å². The average Bonchev–Trinajstić information content (AvgIpc) is 2.47. The summed E-state index contributed by atoms with van der Waals surface area (Å²) < 4.78 is 4.34. The Bertz CT molecular complexity index is 361. The standard InChI is InChI=1S/C10H7NO3/c12-9-8(11-10(13)14-9)6-7-4-2-1-3-5-7/h2,4-5,8H,6H2,(H,11,13)/t8-/m0/s1. The Labute approximate surface area is 80.9 Å². The number of ether oxygens (including phenoxy) is 1. The summed E-state index contributed by atoms with van der Waals surface area (Å²) in [6.07, 6.45) is -0.248. The number of rotatable bonds is 2. The number of carbonyl (C=O) groups is 2. The molecule has 4 nitrogen and oxygen atoms in total. The highest BCUT2D eigenvalue weighted by molar-refractivity contribution is 5.95. The number of amides is 1. The smallest absolute Gasteiger partial charge is 0.375 e. The number of hydrogen-bond donors (Lipinski definition) is 1. The number of alkyl carbamates (subject to hydrolysis) is 1. The molecular formula is C10H7NO3. The minimum atomic E-state index is -0.675. The van der Waals surface area contributed by atoms with Crippen LogP contribution in [-0.4, -0.2) is 18.1 Å². The SMILES string of the molecule is O=C1N[C@@H](Cc2cc#ccc2)C(=O)O1. The summed E-state index contributed by atoms with van der Waals surface area (Å²) in [6.45, 7) is 0. The molecule has 4 heteroatoms. The quantitative estimate of drug-likeness (QED) is 0.543. The molecule has 1 atom stereocenters. The van der Waals surface area contributed by atoms with E-state index in [1.807, 2.05) is 6.07 Å². The summed E-state index contributed by atoms with van der Waals surface area (Å²) in [6, 6.07) is 10.2. The Morgan fingerprint density at radius 1 is 1.43 bits per heavy atom. The molecule has 1 aliphatic rings. The van der Waals surface area contributed by atoms with Crippen LogP contribution in [0.5, 0.6) is 0 Å². The van der Waals surface area contributed by atoms with E-state index in [1.165, 1.54) is 0 Å². The van der Waals surface area contributed by atoms with Gasteiger partial charge in [0.1, 0.15) is 6.04 Å². The van der Waals surface area contributed by atoms with Crippen LogP contribution in [0.4, 0.5) is 4.79 Å². The monoisotopic (exact) mass is 189 g/mol. The van der Waals surface area contributed by atoms with E-state index in [-0.39, 0.29) is 0 Å². The molecule has 0 saturated carbocycles. The lowest BCUT2D eigenvalue weighted by Gasteiger charge is -2.03. The third kappa shape index (κ3) is 1.67. The molecule has 0 bridgehead atoms. The van der Waals surface area contributed by atoms with Crippen molar-refractivity contribution in [2.75, 3.05) is 0 Å². The molecule has 0 unspecified atom stereocenters. The fourth-order valence-electron chi connectivity index (χ4n) is 1.27. The second-order valence-electron chi connectivity index (χ2n) is 2.95. The lowest BCUT2D eigenvalue weighted by Crippen LogP contribution is -2.30.